The number of hydrogen-bond acceptors (Lipinski definition) is 6. The first kappa shape index (κ1) is 24.6. The first-order valence-electron chi connectivity index (χ1n) is 11.2. The Morgan fingerprint density at radius 3 is 2.46 bits per heavy atom. The van der Waals surface area contributed by atoms with Crippen molar-refractivity contribution >= 4 is 17.7 Å². The maximum Gasteiger partial charge on any atom is 0.422 e. The van der Waals surface area contributed by atoms with Crippen LogP contribution in [0, 0.1) is 5.41 Å². The minimum Gasteiger partial charge on any atom is -0.467 e. The highest BCUT2D eigenvalue weighted by Crippen LogP contribution is 2.41. The fraction of sp³-hybridized carbons (Fsp3) is 0.478. The number of nitrogens with one attached hydrogen (secondary N) is 1. The molecule has 2 fully saturated rings. The molecular formula is C23H25F3N4O5. The number of carbonyl (C=O) groups excluding carboxylic acids is 3. The molecule has 2 aromatic heterocycles. The summed E-state index contributed by atoms with van der Waals surface area (Å²) in [5.41, 5.74) is -0.173. The molecule has 2 aliphatic heterocycles. The van der Waals surface area contributed by atoms with Crippen LogP contribution in [0.5, 0.6) is 5.88 Å². The van der Waals surface area contributed by atoms with Crippen molar-refractivity contribution in [3.63, 3.8) is 0 Å². The van der Waals surface area contributed by atoms with E-state index in [2.05, 4.69) is 10.3 Å². The van der Waals surface area contributed by atoms with Gasteiger partial charge in [-0.15, -0.1) is 0 Å². The summed E-state index contributed by atoms with van der Waals surface area (Å²) >= 11 is 0. The van der Waals surface area contributed by atoms with Crippen molar-refractivity contribution in [2.45, 2.75) is 25.4 Å². The van der Waals surface area contributed by atoms with Gasteiger partial charge in [-0.1, -0.05) is 0 Å². The number of amides is 3. The lowest BCUT2D eigenvalue weighted by Crippen LogP contribution is -2.47. The summed E-state index contributed by atoms with van der Waals surface area (Å²) in [6.45, 7) is 0.212. The molecule has 0 saturated carbocycles. The summed E-state index contributed by atoms with van der Waals surface area (Å²) in [4.78, 5) is 44.6. The van der Waals surface area contributed by atoms with E-state index in [0.29, 0.717) is 39.0 Å². The van der Waals surface area contributed by atoms with E-state index in [1.54, 1.807) is 15.9 Å². The molecule has 0 bridgehead atoms. The first-order chi connectivity index (χ1) is 16.7. The van der Waals surface area contributed by atoms with Crippen LogP contribution in [0.1, 0.15) is 40.2 Å². The van der Waals surface area contributed by atoms with Gasteiger partial charge in [-0.2, -0.15) is 13.2 Å². The zero-order chi connectivity index (χ0) is 25.1. The van der Waals surface area contributed by atoms with Gasteiger partial charge in [0.1, 0.15) is 5.56 Å². The van der Waals surface area contributed by atoms with Crippen LogP contribution in [0.3, 0.4) is 0 Å². The highest BCUT2D eigenvalue weighted by molar-refractivity contribution is 5.96. The molecule has 2 aromatic rings. The summed E-state index contributed by atoms with van der Waals surface area (Å²) in [5.74, 6) is -1.30. The number of pyridine rings is 1. The number of aromatic nitrogens is 1. The maximum absolute atomic E-state index is 13.0. The number of rotatable bonds is 6. The van der Waals surface area contributed by atoms with Crippen molar-refractivity contribution in [1.82, 2.24) is 20.1 Å². The fourth-order valence-corrected chi connectivity index (χ4v) is 4.50. The zero-order valence-electron chi connectivity index (χ0n) is 18.8. The van der Waals surface area contributed by atoms with E-state index < -0.39 is 24.6 Å². The lowest BCUT2D eigenvalue weighted by Gasteiger charge is -2.39. The lowest BCUT2D eigenvalue weighted by atomic mass is 9.78. The van der Waals surface area contributed by atoms with E-state index in [-0.39, 0.29) is 35.1 Å². The Hall–Kier alpha value is -3.57. The number of carbonyl (C=O) groups is 3. The number of hydrogen-bond donors (Lipinski definition) is 1. The van der Waals surface area contributed by atoms with Crippen LogP contribution >= 0.6 is 0 Å². The fourth-order valence-electron chi connectivity index (χ4n) is 4.50. The lowest BCUT2D eigenvalue weighted by molar-refractivity contribution is -0.154. The molecule has 1 N–H and O–H groups in total. The molecule has 1 spiro atoms. The molecule has 4 heterocycles. The number of likely N-dealkylation sites (tertiary alicyclic amines) is 2. The molecular weight excluding hydrogens is 469 g/mol. The molecule has 12 heteroatoms. The molecule has 4 rings (SSSR count). The Morgan fingerprint density at radius 1 is 1.09 bits per heavy atom. The average Bonchev–Trinajstić information content (AvgIpc) is 3.52. The van der Waals surface area contributed by atoms with E-state index in [9.17, 15) is 27.6 Å². The van der Waals surface area contributed by atoms with Crippen LogP contribution in [-0.2, 0) is 4.79 Å². The third kappa shape index (κ3) is 5.92. The van der Waals surface area contributed by atoms with Crippen LogP contribution in [-0.4, -0.2) is 78.0 Å². The second-order valence-electron chi connectivity index (χ2n) is 8.78. The largest absolute Gasteiger partial charge is 0.467 e. The molecule has 0 unspecified atom stereocenters. The third-order valence-corrected chi connectivity index (χ3v) is 6.42. The van der Waals surface area contributed by atoms with Gasteiger partial charge >= 0.3 is 6.18 Å². The van der Waals surface area contributed by atoms with Crippen LogP contribution in [0.15, 0.2) is 41.1 Å². The van der Waals surface area contributed by atoms with E-state index in [0.717, 1.165) is 6.42 Å². The van der Waals surface area contributed by atoms with Gasteiger partial charge in [-0.3, -0.25) is 14.4 Å². The molecule has 2 aliphatic rings. The Bertz CT molecular complexity index is 1070. The van der Waals surface area contributed by atoms with Gasteiger partial charge in [0.15, 0.2) is 12.4 Å². The molecule has 9 nitrogen and oxygen atoms in total. The van der Waals surface area contributed by atoms with Gasteiger partial charge < -0.3 is 24.3 Å². The van der Waals surface area contributed by atoms with E-state index in [1.807, 2.05) is 0 Å². The van der Waals surface area contributed by atoms with Gasteiger partial charge in [0.25, 0.3) is 11.8 Å². The van der Waals surface area contributed by atoms with Gasteiger partial charge in [0.2, 0.25) is 11.8 Å². The summed E-state index contributed by atoms with van der Waals surface area (Å²) in [7, 11) is 0. The molecule has 0 radical (unpaired) electrons. The van der Waals surface area contributed by atoms with Crippen molar-refractivity contribution < 1.29 is 36.7 Å². The monoisotopic (exact) mass is 494 g/mol. The third-order valence-electron chi connectivity index (χ3n) is 6.42. The van der Waals surface area contributed by atoms with Crippen molar-refractivity contribution in [3.8, 4) is 5.88 Å². The molecule has 188 valence electrons. The van der Waals surface area contributed by atoms with E-state index in [1.165, 1.54) is 30.7 Å². The normalized spacial score (nSPS) is 17.5. The Labute approximate surface area is 199 Å². The number of halogens is 3. The second kappa shape index (κ2) is 9.96. The number of furan rings is 1. The minimum absolute atomic E-state index is 0.00582. The SMILES string of the molecule is O=C(NCC(=O)N1CCC2(CC1)CCN(C(=O)c1cccnc1OCC(F)(F)F)C2)c1ccco1. The van der Waals surface area contributed by atoms with E-state index in [4.69, 9.17) is 9.15 Å². The first-order valence-corrected chi connectivity index (χ1v) is 11.2. The van der Waals surface area contributed by atoms with Crippen molar-refractivity contribution in [1.29, 1.82) is 0 Å². The quantitative estimate of drug-likeness (QED) is 0.662. The number of alkyl halides is 3. The Morgan fingerprint density at radius 2 is 1.80 bits per heavy atom. The van der Waals surface area contributed by atoms with Gasteiger partial charge in [-0.05, 0) is 48.9 Å². The second-order valence-corrected chi connectivity index (χ2v) is 8.78. The van der Waals surface area contributed by atoms with Crippen LogP contribution < -0.4 is 10.1 Å². The highest BCUT2D eigenvalue weighted by atomic mass is 19.4. The topological polar surface area (TPSA) is 105 Å². The van der Waals surface area contributed by atoms with Gasteiger partial charge in [0.05, 0.1) is 12.8 Å². The Kier molecular flexibility index (Phi) is 6.99. The van der Waals surface area contributed by atoms with Gasteiger partial charge in [-0.25, -0.2) is 4.98 Å². The molecule has 35 heavy (non-hydrogen) atoms. The summed E-state index contributed by atoms with van der Waals surface area (Å²) in [6.07, 6.45) is 0.203. The number of nitrogens with zero attached hydrogens (tertiary/aromatic N) is 3. The number of ether oxygens (including phenoxy) is 1. The van der Waals surface area contributed by atoms with E-state index >= 15 is 0 Å². The smallest absolute Gasteiger partial charge is 0.422 e. The standard InChI is InChI=1S/C23H25F3N4O5/c24-23(25,26)15-35-20-16(3-1-8-27-20)21(33)30-11-7-22(14-30)5-9-29(10-6-22)18(31)13-28-19(32)17-4-2-12-34-17/h1-4,8,12H,5-7,9-11,13-15H2,(H,28,32). The van der Waals surface area contributed by atoms with Crippen LogP contribution in [0.2, 0.25) is 0 Å². The maximum atomic E-state index is 13.0. The summed E-state index contributed by atoms with van der Waals surface area (Å²) in [6, 6.07) is 5.98. The molecule has 3 amide bonds. The molecule has 0 atom stereocenters. The van der Waals surface area contributed by atoms with Crippen molar-refractivity contribution in [3.05, 3.63) is 48.0 Å². The zero-order valence-corrected chi connectivity index (χ0v) is 18.8. The number of piperidine rings is 1. The average molecular weight is 494 g/mol. The van der Waals surface area contributed by atoms with Crippen molar-refractivity contribution in [2.24, 2.45) is 5.41 Å². The molecule has 0 aromatic carbocycles. The highest BCUT2D eigenvalue weighted by Gasteiger charge is 2.43. The summed E-state index contributed by atoms with van der Waals surface area (Å²) < 4.78 is 47.4. The van der Waals surface area contributed by atoms with Crippen LogP contribution in [0.25, 0.3) is 0 Å². The van der Waals surface area contributed by atoms with Gasteiger partial charge in [0, 0.05) is 32.4 Å². The van der Waals surface area contributed by atoms with Crippen LogP contribution in [0.4, 0.5) is 13.2 Å². The Balaban J connectivity index is 1.29. The predicted molar refractivity (Wildman–Crippen MR) is 116 cm³/mol. The minimum atomic E-state index is -4.54. The van der Waals surface area contributed by atoms with Crippen molar-refractivity contribution in [2.75, 3.05) is 39.3 Å². The molecule has 0 aliphatic carbocycles. The summed E-state index contributed by atoms with van der Waals surface area (Å²) in [5, 5.41) is 2.54. The molecule has 2 saturated heterocycles. The predicted octanol–water partition coefficient (Wildman–Crippen LogP) is 2.50.